The summed E-state index contributed by atoms with van der Waals surface area (Å²) in [6, 6.07) is 6.15. The highest BCUT2D eigenvalue weighted by atomic mass is 35.5. The van der Waals surface area contributed by atoms with Crippen LogP contribution in [0.15, 0.2) is 29.4 Å². The van der Waals surface area contributed by atoms with Crippen molar-refractivity contribution in [2.45, 2.75) is 74.0 Å². The average molecular weight is 583 g/mol. The molecule has 208 valence electrons. The number of likely N-dealkylation sites (tertiary alicyclic amines) is 1. The lowest BCUT2D eigenvalue weighted by Crippen LogP contribution is -2.35. The Labute approximate surface area is 233 Å². The molecule has 37 heavy (non-hydrogen) atoms. The van der Waals surface area contributed by atoms with Crippen molar-refractivity contribution in [2.75, 3.05) is 25.4 Å². The number of aromatic nitrogens is 3. The lowest BCUT2D eigenvalue weighted by atomic mass is 9.87. The highest BCUT2D eigenvalue weighted by Gasteiger charge is 2.44. The number of hydrogen-bond acceptors (Lipinski definition) is 6. The third-order valence-electron chi connectivity index (χ3n) is 7.94. The molecule has 2 aromatic rings. The van der Waals surface area contributed by atoms with E-state index >= 15 is 0 Å². The molecular formula is C25H36Cl2F3N5OS. The van der Waals surface area contributed by atoms with E-state index in [1.54, 1.807) is 23.9 Å². The van der Waals surface area contributed by atoms with Crippen LogP contribution in [0, 0.1) is 5.92 Å². The maximum absolute atomic E-state index is 13.0. The molecule has 1 aromatic carbocycles. The van der Waals surface area contributed by atoms with E-state index in [0.717, 1.165) is 80.5 Å². The van der Waals surface area contributed by atoms with E-state index < -0.39 is 11.7 Å². The minimum Gasteiger partial charge on any atom is -0.393 e. The third-order valence-corrected chi connectivity index (χ3v) is 9.04. The van der Waals surface area contributed by atoms with Crippen LogP contribution < -0.4 is 5.32 Å². The van der Waals surface area contributed by atoms with Crippen molar-refractivity contribution in [1.29, 1.82) is 0 Å². The smallest absolute Gasteiger partial charge is 0.393 e. The Morgan fingerprint density at radius 3 is 2.43 bits per heavy atom. The van der Waals surface area contributed by atoms with Crippen molar-refractivity contribution < 1.29 is 18.3 Å². The summed E-state index contributed by atoms with van der Waals surface area (Å²) in [6.07, 6.45) is 1.16. The van der Waals surface area contributed by atoms with Crippen LogP contribution >= 0.6 is 36.6 Å². The first kappa shape index (κ1) is 30.5. The van der Waals surface area contributed by atoms with Crippen LogP contribution in [-0.2, 0) is 13.2 Å². The van der Waals surface area contributed by atoms with E-state index in [-0.39, 0.29) is 37.0 Å². The first-order valence-corrected chi connectivity index (χ1v) is 13.6. The summed E-state index contributed by atoms with van der Waals surface area (Å²) in [6.45, 7) is 2.86. The minimum atomic E-state index is -4.31. The number of rotatable bonds is 7. The van der Waals surface area contributed by atoms with Gasteiger partial charge in [-0.3, -0.25) is 4.90 Å². The third kappa shape index (κ3) is 6.76. The van der Waals surface area contributed by atoms with Crippen LogP contribution in [-0.4, -0.2) is 62.3 Å². The molecule has 3 atom stereocenters. The molecule has 1 aromatic heterocycles. The largest absolute Gasteiger partial charge is 0.416 e. The SMILES string of the molecule is Cl.Cl.Cn1c(SCCCN2CC3CCNC3C2c2ccc(C(F)(F)F)cc2)nnc1C1CCC(O)CC1. The van der Waals surface area contributed by atoms with E-state index in [1.165, 1.54) is 12.1 Å². The van der Waals surface area contributed by atoms with Crippen molar-refractivity contribution in [3.8, 4) is 0 Å². The fraction of sp³-hybridized carbons (Fsp3) is 0.680. The fourth-order valence-corrected chi connectivity index (χ4v) is 6.93. The van der Waals surface area contributed by atoms with Crippen LogP contribution in [0.1, 0.15) is 67.4 Å². The zero-order valence-corrected chi connectivity index (χ0v) is 23.3. The standard InChI is InChI=1S/C25H34F3N5OS.2ClH/c1-32-23(17-5-9-20(34)10-6-17)30-31-24(32)35-14-2-13-33-15-18-11-12-29-21(18)22(33)16-3-7-19(8-4-16)25(26,27)28;;/h3-4,7-8,17-18,20-22,29,34H,2,5-6,9-15H2,1H3;2*1H. The number of aliphatic hydroxyl groups excluding tert-OH is 1. The first-order chi connectivity index (χ1) is 16.8. The lowest BCUT2D eigenvalue weighted by Gasteiger charge is -2.28. The van der Waals surface area contributed by atoms with Gasteiger partial charge in [-0.25, -0.2) is 0 Å². The lowest BCUT2D eigenvalue weighted by molar-refractivity contribution is -0.137. The van der Waals surface area contributed by atoms with Crippen molar-refractivity contribution in [3.63, 3.8) is 0 Å². The van der Waals surface area contributed by atoms with Gasteiger partial charge >= 0.3 is 6.18 Å². The topological polar surface area (TPSA) is 66.2 Å². The Morgan fingerprint density at radius 1 is 1.05 bits per heavy atom. The Kier molecular flexibility index (Phi) is 10.6. The van der Waals surface area contributed by atoms with Gasteiger partial charge in [0.1, 0.15) is 5.82 Å². The Morgan fingerprint density at radius 2 is 1.76 bits per heavy atom. The number of hydrogen-bond donors (Lipinski definition) is 2. The number of thioether (sulfide) groups is 1. The van der Waals surface area contributed by atoms with E-state index in [2.05, 4.69) is 25.0 Å². The summed E-state index contributed by atoms with van der Waals surface area (Å²) in [4.78, 5) is 2.44. The minimum absolute atomic E-state index is 0. The molecule has 3 aliphatic rings. The average Bonchev–Trinajstić information content (AvgIpc) is 3.52. The molecule has 2 aliphatic heterocycles. The van der Waals surface area contributed by atoms with Crippen molar-refractivity contribution >= 4 is 36.6 Å². The van der Waals surface area contributed by atoms with E-state index in [0.29, 0.717) is 17.9 Å². The second kappa shape index (κ2) is 12.9. The molecule has 2 saturated heterocycles. The number of alkyl halides is 3. The fourth-order valence-electron chi connectivity index (χ4n) is 6.09. The van der Waals surface area contributed by atoms with Gasteiger partial charge < -0.3 is 15.0 Å². The summed E-state index contributed by atoms with van der Waals surface area (Å²) in [5, 5.41) is 23.1. The van der Waals surface area contributed by atoms with E-state index in [4.69, 9.17) is 0 Å². The van der Waals surface area contributed by atoms with Gasteiger partial charge in [-0.05, 0) is 75.2 Å². The number of benzene rings is 1. The molecule has 0 radical (unpaired) electrons. The molecular weight excluding hydrogens is 546 g/mol. The second-order valence-corrected chi connectivity index (χ2v) is 11.3. The summed E-state index contributed by atoms with van der Waals surface area (Å²) in [5.41, 5.74) is 0.369. The molecule has 6 nitrogen and oxygen atoms in total. The maximum atomic E-state index is 13.0. The van der Waals surface area contributed by atoms with E-state index in [1.807, 2.05) is 7.05 Å². The van der Waals surface area contributed by atoms with Crippen LogP contribution in [0.2, 0.25) is 0 Å². The number of halogens is 5. The molecule has 0 bridgehead atoms. The Hall–Kier alpha value is -1.04. The predicted octanol–water partition coefficient (Wildman–Crippen LogP) is 5.21. The van der Waals surface area contributed by atoms with Gasteiger partial charge in [0.25, 0.3) is 0 Å². The summed E-state index contributed by atoms with van der Waals surface area (Å²) < 4.78 is 41.2. The summed E-state index contributed by atoms with van der Waals surface area (Å²) in [5.74, 6) is 2.84. The second-order valence-electron chi connectivity index (χ2n) is 10.2. The Bertz CT molecular complexity index is 1000. The van der Waals surface area contributed by atoms with Gasteiger partial charge in [-0.2, -0.15) is 13.2 Å². The molecule has 0 amide bonds. The molecule has 2 N–H and O–H groups in total. The monoisotopic (exact) mass is 581 g/mol. The first-order valence-electron chi connectivity index (χ1n) is 12.7. The number of nitrogens with zero attached hydrogens (tertiary/aromatic N) is 4. The van der Waals surface area contributed by atoms with Gasteiger partial charge in [-0.1, -0.05) is 23.9 Å². The molecule has 3 fully saturated rings. The highest BCUT2D eigenvalue weighted by Crippen LogP contribution is 2.41. The highest BCUT2D eigenvalue weighted by molar-refractivity contribution is 7.99. The molecule has 5 rings (SSSR count). The van der Waals surface area contributed by atoms with E-state index in [9.17, 15) is 18.3 Å². The van der Waals surface area contributed by atoms with Crippen LogP contribution in [0.3, 0.4) is 0 Å². The van der Waals surface area contributed by atoms with Crippen molar-refractivity contribution in [3.05, 3.63) is 41.2 Å². The number of fused-ring (bicyclic) bond motifs is 1. The maximum Gasteiger partial charge on any atom is 0.416 e. The zero-order chi connectivity index (χ0) is 24.6. The predicted molar refractivity (Wildman–Crippen MR) is 144 cm³/mol. The van der Waals surface area contributed by atoms with Gasteiger partial charge in [0.2, 0.25) is 0 Å². The molecule has 3 heterocycles. The van der Waals surface area contributed by atoms with Crippen LogP contribution in [0.4, 0.5) is 13.2 Å². The number of aliphatic hydroxyl groups is 1. The van der Waals surface area contributed by atoms with Crippen molar-refractivity contribution in [1.82, 2.24) is 25.0 Å². The van der Waals surface area contributed by atoms with Gasteiger partial charge in [0, 0.05) is 31.3 Å². The van der Waals surface area contributed by atoms with Crippen molar-refractivity contribution in [2.24, 2.45) is 13.0 Å². The quantitative estimate of drug-likeness (QED) is 0.345. The van der Waals surface area contributed by atoms with Gasteiger partial charge in [-0.15, -0.1) is 35.0 Å². The van der Waals surface area contributed by atoms with Crippen LogP contribution in [0.5, 0.6) is 0 Å². The Balaban J connectivity index is 0.00000190. The molecule has 1 aliphatic carbocycles. The van der Waals surface area contributed by atoms with Crippen LogP contribution in [0.25, 0.3) is 0 Å². The summed E-state index contributed by atoms with van der Waals surface area (Å²) >= 11 is 1.71. The van der Waals surface area contributed by atoms with Gasteiger partial charge in [0.05, 0.1) is 17.7 Å². The zero-order valence-electron chi connectivity index (χ0n) is 20.9. The molecule has 0 spiro atoms. The van der Waals surface area contributed by atoms with Gasteiger partial charge in [0.15, 0.2) is 5.16 Å². The normalized spacial score (nSPS) is 28.0. The molecule has 1 saturated carbocycles. The molecule has 12 heteroatoms. The summed E-state index contributed by atoms with van der Waals surface area (Å²) in [7, 11) is 2.02. The number of nitrogens with one attached hydrogen (secondary N) is 1. The molecule has 3 unspecified atom stereocenters.